The Labute approximate surface area is 97.0 Å². The van der Waals surface area contributed by atoms with E-state index in [0.29, 0.717) is 19.3 Å². The van der Waals surface area contributed by atoms with E-state index in [1.165, 1.54) is 0 Å². The number of esters is 1. The van der Waals surface area contributed by atoms with Crippen molar-refractivity contribution < 1.29 is 19.4 Å². The zero-order valence-electron chi connectivity index (χ0n) is 10.6. The first-order valence-electron chi connectivity index (χ1n) is 5.90. The van der Waals surface area contributed by atoms with Crippen LogP contribution in [0.15, 0.2) is 0 Å². The summed E-state index contributed by atoms with van der Waals surface area (Å²) in [5.41, 5.74) is -0.878. The molecule has 16 heavy (non-hydrogen) atoms. The summed E-state index contributed by atoms with van der Waals surface area (Å²) in [6.07, 6.45) is 1.43. The monoisotopic (exact) mass is 230 g/mol. The van der Waals surface area contributed by atoms with Gasteiger partial charge in [-0.15, -0.1) is 0 Å². The predicted molar refractivity (Wildman–Crippen MR) is 61.1 cm³/mol. The average Bonchev–Trinajstić information content (AvgIpc) is 2.25. The Kier molecular flexibility index (Phi) is 6.08. The van der Waals surface area contributed by atoms with Crippen molar-refractivity contribution in [2.75, 3.05) is 6.61 Å². The topological polar surface area (TPSA) is 63.6 Å². The van der Waals surface area contributed by atoms with Crippen molar-refractivity contribution in [1.29, 1.82) is 0 Å². The van der Waals surface area contributed by atoms with Gasteiger partial charge in [0, 0.05) is 0 Å². The van der Waals surface area contributed by atoms with Crippen LogP contribution >= 0.6 is 0 Å². The molecule has 1 unspecified atom stereocenters. The van der Waals surface area contributed by atoms with E-state index in [1.807, 2.05) is 13.8 Å². The molecule has 0 fully saturated rings. The summed E-state index contributed by atoms with van der Waals surface area (Å²) < 4.78 is 5.02. The molecule has 0 aromatic heterocycles. The standard InChI is InChI=1S/C12H22O4/c1-5-9(10(13)14)12(6-2,7-3)11(15)16-8-4/h9H,5-8H2,1-4H3,(H,13,14). The highest BCUT2D eigenvalue weighted by Gasteiger charge is 2.46. The number of hydrogen-bond acceptors (Lipinski definition) is 3. The highest BCUT2D eigenvalue weighted by atomic mass is 16.5. The number of carboxylic acids is 1. The lowest BCUT2D eigenvalue weighted by Gasteiger charge is -2.34. The van der Waals surface area contributed by atoms with E-state index in [-0.39, 0.29) is 12.6 Å². The van der Waals surface area contributed by atoms with Gasteiger partial charge in [-0.3, -0.25) is 9.59 Å². The number of carbonyl (C=O) groups excluding carboxylic acids is 1. The van der Waals surface area contributed by atoms with Gasteiger partial charge in [-0.25, -0.2) is 0 Å². The molecule has 0 heterocycles. The van der Waals surface area contributed by atoms with E-state index in [2.05, 4.69) is 0 Å². The van der Waals surface area contributed by atoms with Gasteiger partial charge >= 0.3 is 11.9 Å². The van der Waals surface area contributed by atoms with Gasteiger partial charge < -0.3 is 9.84 Å². The second-order valence-corrected chi connectivity index (χ2v) is 3.88. The number of carboxylic acid groups (broad SMARTS) is 1. The lowest BCUT2D eigenvalue weighted by molar-refractivity contribution is -0.168. The largest absolute Gasteiger partial charge is 0.481 e. The maximum atomic E-state index is 11.9. The van der Waals surface area contributed by atoms with Crippen molar-refractivity contribution in [3.05, 3.63) is 0 Å². The van der Waals surface area contributed by atoms with E-state index in [4.69, 9.17) is 4.74 Å². The van der Waals surface area contributed by atoms with Gasteiger partial charge in [0.15, 0.2) is 0 Å². The molecule has 0 aliphatic heterocycles. The van der Waals surface area contributed by atoms with Crippen molar-refractivity contribution in [2.45, 2.75) is 47.0 Å². The van der Waals surface area contributed by atoms with Gasteiger partial charge in [0.25, 0.3) is 0 Å². The molecule has 0 amide bonds. The SMILES string of the molecule is CCOC(=O)C(CC)(CC)C(CC)C(=O)O. The molecule has 1 atom stereocenters. The first-order chi connectivity index (χ1) is 7.49. The molecular formula is C12H22O4. The molecule has 0 rings (SSSR count). The zero-order chi connectivity index (χ0) is 12.8. The molecule has 0 aliphatic rings. The lowest BCUT2D eigenvalue weighted by atomic mass is 9.70. The number of hydrogen-bond donors (Lipinski definition) is 1. The normalized spacial score (nSPS) is 13.2. The van der Waals surface area contributed by atoms with Crippen LogP contribution in [0.3, 0.4) is 0 Å². The van der Waals surface area contributed by atoms with Crippen LogP contribution in [0.2, 0.25) is 0 Å². The van der Waals surface area contributed by atoms with E-state index in [1.54, 1.807) is 13.8 Å². The van der Waals surface area contributed by atoms with Gasteiger partial charge in [0.2, 0.25) is 0 Å². The minimum Gasteiger partial charge on any atom is -0.481 e. The number of rotatable bonds is 7. The third-order valence-corrected chi connectivity index (χ3v) is 3.32. The highest BCUT2D eigenvalue weighted by molar-refractivity contribution is 5.84. The number of carbonyl (C=O) groups is 2. The van der Waals surface area contributed by atoms with E-state index < -0.39 is 17.3 Å². The smallest absolute Gasteiger partial charge is 0.312 e. The summed E-state index contributed by atoms with van der Waals surface area (Å²) in [6, 6.07) is 0. The van der Waals surface area contributed by atoms with Crippen molar-refractivity contribution >= 4 is 11.9 Å². The van der Waals surface area contributed by atoms with Gasteiger partial charge in [0.05, 0.1) is 17.9 Å². The highest BCUT2D eigenvalue weighted by Crippen LogP contribution is 2.39. The van der Waals surface area contributed by atoms with Crippen molar-refractivity contribution in [3.63, 3.8) is 0 Å². The van der Waals surface area contributed by atoms with E-state index in [0.717, 1.165) is 0 Å². The summed E-state index contributed by atoms with van der Waals surface area (Å²) in [7, 11) is 0. The fourth-order valence-electron chi connectivity index (χ4n) is 2.25. The molecule has 0 bridgehead atoms. The second kappa shape index (κ2) is 6.51. The molecule has 0 aliphatic carbocycles. The Bertz CT molecular complexity index is 243. The van der Waals surface area contributed by atoms with E-state index in [9.17, 15) is 14.7 Å². The Morgan fingerprint density at radius 1 is 1.19 bits per heavy atom. The van der Waals surface area contributed by atoms with Gasteiger partial charge in [0.1, 0.15) is 0 Å². The second-order valence-electron chi connectivity index (χ2n) is 3.88. The third-order valence-electron chi connectivity index (χ3n) is 3.32. The first-order valence-corrected chi connectivity index (χ1v) is 5.90. The fraction of sp³-hybridized carbons (Fsp3) is 0.833. The molecule has 4 heteroatoms. The average molecular weight is 230 g/mol. The van der Waals surface area contributed by atoms with Gasteiger partial charge in [-0.05, 0) is 26.2 Å². The minimum atomic E-state index is -0.917. The van der Waals surface area contributed by atoms with Crippen molar-refractivity contribution in [3.8, 4) is 0 Å². The van der Waals surface area contributed by atoms with Crippen molar-refractivity contribution in [2.24, 2.45) is 11.3 Å². The van der Waals surface area contributed by atoms with Crippen LogP contribution < -0.4 is 0 Å². The fourth-order valence-corrected chi connectivity index (χ4v) is 2.25. The van der Waals surface area contributed by atoms with Crippen LogP contribution in [-0.2, 0) is 14.3 Å². The summed E-state index contributed by atoms with van der Waals surface area (Å²) >= 11 is 0. The molecule has 0 radical (unpaired) electrons. The van der Waals surface area contributed by atoms with Crippen LogP contribution in [0, 0.1) is 11.3 Å². The number of aliphatic carboxylic acids is 1. The molecule has 0 aromatic carbocycles. The molecular weight excluding hydrogens is 208 g/mol. The van der Waals surface area contributed by atoms with Crippen LogP contribution in [0.1, 0.15) is 47.0 Å². The quantitative estimate of drug-likeness (QED) is 0.682. The third kappa shape index (κ3) is 2.74. The summed E-state index contributed by atoms with van der Waals surface area (Å²) in [5, 5.41) is 9.18. The predicted octanol–water partition coefficient (Wildman–Crippen LogP) is 2.47. The summed E-state index contributed by atoms with van der Waals surface area (Å²) in [4.78, 5) is 23.1. The molecule has 0 spiro atoms. The molecule has 1 N–H and O–H groups in total. The molecule has 4 nitrogen and oxygen atoms in total. The molecule has 0 saturated carbocycles. The summed E-state index contributed by atoms with van der Waals surface area (Å²) in [6.45, 7) is 7.49. The molecule has 94 valence electrons. The van der Waals surface area contributed by atoms with Crippen LogP contribution in [0.5, 0.6) is 0 Å². The Morgan fingerprint density at radius 3 is 1.94 bits per heavy atom. The molecule has 0 saturated heterocycles. The minimum absolute atomic E-state index is 0.288. The van der Waals surface area contributed by atoms with Crippen LogP contribution in [-0.4, -0.2) is 23.7 Å². The van der Waals surface area contributed by atoms with Crippen molar-refractivity contribution in [1.82, 2.24) is 0 Å². The molecule has 0 aromatic rings. The van der Waals surface area contributed by atoms with E-state index >= 15 is 0 Å². The number of ether oxygens (including phenoxy) is 1. The maximum Gasteiger partial charge on any atom is 0.312 e. The van der Waals surface area contributed by atoms with Crippen LogP contribution in [0.4, 0.5) is 0 Å². The van der Waals surface area contributed by atoms with Gasteiger partial charge in [-0.1, -0.05) is 20.8 Å². The zero-order valence-corrected chi connectivity index (χ0v) is 10.6. The Balaban J connectivity index is 5.20. The summed E-state index contributed by atoms with van der Waals surface area (Å²) in [5.74, 6) is -1.96. The Hall–Kier alpha value is -1.06. The maximum absolute atomic E-state index is 11.9. The van der Waals surface area contributed by atoms with Crippen LogP contribution in [0.25, 0.3) is 0 Å². The first kappa shape index (κ1) is 14.9. The lowest BCUT2D eigenvalue weighted by Crippen LogP contribution is -2.42. The van der Waals surface area contributed by atoms with Gasteiger partial charge in [-0.2, -0.15) is 0 Å². The Morgan fingerprint density at radius 2 is 1.69 bits per heavy atom.